The Balaban J connectivity index is 2.49. The first-order valence-electron chi connectivity index (χ1n) is 5.50. The molecule has 1 aliphatic heterocycles. The SMILES string of the molecule is CCOP(=O)(CCC1NC(=O)NC1=O)OCC. The van der Waals surface area contributed by atoms with Gasteiger partial charge in [-0.15, -0.1) is 0 Å². The number of amides is 3. The summed E-state index contributed by atoms with van der Waals surface area (Å²) in [5, 5.41) is 4.54. The number of carbonyl (C=O) groups excluding carboxylic acids is 2. The van der Waals surface area contributed by atoms with Crippen molar-refractivity contribution in [1.29, 1.82) is 0 Å². The van der Waals surface area contributed by atoms with Crippen molar-refractivity contribution in [1.82, 2.24) is 10.6 Å². The van der Waals surface area contributed by atoms with Crippen LogP contribution < -0.4 is 10.6 Å². The van der Waals surface area contributed by atoms with E-state index in [-0.39, 0.29) is 25.8 Å². The normalized spacial score (nSPS) is 20.2. The predicted molar refractivity (Wildman–Crippen MR) is 60.8 cm³/mol. The summed E-state index contributed by atoms with van der Waals surface area (Å²) < 4.78 is 22.2. The summed E-state index contributed by atoms with van der Waals surface area (Å²) in [6.45, 7) is 3.99. The molecular formula is C9H17N2O5P. The molecule has 0 saturated carbocycles. The van der Waals surface area contributed by atoms with Crippen LogP contribution in [0.5, 0.6) is 0 Å². The van der Waals surface area contributed by atoms with Gasteiger partial charge in [0.25, 0.3) is 5.91 Å². The van der Waals surface area contributed by atoms with Crippen LogP contribution in [0.1, 0.15) is 20.3 Å². The van der Waals surface area contributed by atoms with Crippen LogP contribution >= 0.6 is 7.60 Å². The maximum atomic E-state index is 12.1. The van der Waals surface area contributed by atoms with Crippen molar-refractivity contribution >= 4 is 19.5 Å². The molecule has 1 unspecified atom stereocenters. The van der Waals surface area contributed by atoms with Crippen molar-refractivity contribution in [3.63, 3.8) is 0 Å². The van der Waals surface area contributed by atoms with Crippen molar-refractivity contribution in [2.24, 2.45) is 0 Å². The highest BCUT2D eigenvalue weighted by molar-refractivity contribution is 7.53. The molecule has 1 saturated heterocycles. The lowest BCUT2D eigenvalue weighted by atomic mass is 10.2. The van der Waals surface area contributed by atoms with Crippen molar-refractivity contribution in [3.8, 4) is 0 Å². The number of urea groups is 1. The molecular weight excluding hydrogens is 247 g/mol. The topological polar surface area (TPSA) is 93.7 Å². The van der Waals surface area contributed by atoms with Crippen LogP contribution in [0, 0.1) is 0 Å². The summed E-state index contributed by atoms with van der Waals surface area (Å²) in [7, 11) is -3.15. The molecule has 98 valence electrons. The number of rotatable bonds is 7. The Morgan fingerprint density at radius 1 is 1.24 bits per heavy atom. The lowest BCUT2D eigenvalue weighted by Gasteiger charge is -2.17. The molecule has 7 nitrogen and oxygen atoms in total. The number of nitrogens with one attached hydrogen (secondary N) is 2. The van der Waals surface area contributed by atoms with Crippen LogP contribution in [0.25, 0.3) is 0 Å². The average Bonchev–Trinajstić information content (AvgIpc) is 2.55. The summed E-state index contributed by atoms with van der Waals surface area (Å²) in [6, 6.07) is -1.18. The third kappa shape index (κ3) is 4.11. The maximum Gasteiger partial charge on any atom is 0.330 e. The quantitative estimate of drug-likeness (QED) is 0.525. The minimum atomic E-state index is -3.15. The van der Waals surface area contributed by atoms with E-state index in [1.54, 1.807) is 13.8 Å². The molecule has 1 atom stereocenters. The first kappa shape index (κ1) is 14.2. The van der Waals surface area contributed by atoms with E-state index in [1.807, 2.05) is 0 Å². The molecule has 17 heavy (non-hydrogen) atoms. The van der Waals surface area contributed by atoms with Gasteiger partial charge < -0.3 is 14.4 Å². The van der Waals surface area contributed by atoms with E-state index in [1.165, 1.54) is 0 Å². The van der Waals surface area contributed by atoms with E-state index in [0.717, 1.165) is 0 Å². The summed E-state index contributed by atoms with van der Waals surface area (Å²) in [5.41, 5.74) is 0. The fourth-order valence-electron chi connectivity index (χ4n) is 1.51. The average molecular weight is 264 g/mol. The van der Waals surface area contributed by atoms with Crippen LogP contribution in [-0.4, -0.2) is 37.4 Å². The van der Waals surface area contributed by atoms with Gasteiger partial charge in [-0.3, -0.25) is 14.7 Å². The molecule has 1 heterocycles. The molecule has 3 amide bonds. The Morgan fingerprint density at radius 3 is 2.24 bits per heavy atom. The van der Waals surface area contributed by atoms with Crippen molar-refractivity contribution < 1.29 is 23.2 Å². The Hall–Kier alpha value is -0.910. The first-order chi connectivity index (χ1) is 8.00. The molecule has 1 fully saturated rings. The Morgan fingerprint density at radius 2 is 1.82 bits per heavy atom. The van der Waals surface area contributed by atoms with E-state index < -0.39 is 25.6 Å². The van der Waals surface area contributed by atoms with Gasteiger partial charge in [-0.25, -0.2) is 4.79 Å². The highest BCUT2D eigenvalue weighted by atomic mass is 31.2. The summed E-state index contributed by atoms with van der Waals surface area (Å²) in [4.78, 5) is 22.1. The minimum Gasteiger partial charge on any atom is -0.326 e. The molecule has 0 bridgehead atoms. The Bertz CT molecular complexity index is 336. The van der Waals surface area contributed by atoms with Crippen LogP contribution in [0.4, 0.5) is 4.79 Å². The minimum absolute atomic E-state index is 0.104. The van der Waals surface area contributed by atoms with E-state index in [0.29, 0.717) is 0 Å². The molecule has 0 aliphatic carbocycles. The zero-order valence-corrected chi connectivity index (χ0v) is 10.8. The smallest absolute Gasteiger partial charge is 0.326 e. The van der Waals surface area contributed by atoms with Gasteiger partial charge in [0, 0.05) is 0 Å². The lowest BCUT2D eigenvalue weighted by Crippen LogP contribution is -2.29. The number of imide groups is 1. The van der Waals surface area contributed by atoms with Crippen LogP contribution in [0.15, 0.2) is 0 Å². The Labute approximate surface area is 99.8 Å². The third-order valence-corrected chi connectivity index (χ3v) is 4.31. The van der Waals surface area contributed by atoms with Gasteiger partial charge in [-0.1, -0.05) is 0 Å². The van der Waals surface area contributed by atoms with Gasteiger partial charge in [0.05, 0.1) is 19.4 Å². The zero-order valence-electron chi connectivity index (χ0n) is 9.89. The monoisotopic (exact) mass is 264 g/mol. The molecule has 0 radical (unpaired) electrons. The predicted octanol–water partition coefficient (Wildman–Crippen LogP) is 0.851. The number of hydrogen-bond donors (Lipinski definition) is 2. The summed E-state index contributed by atoms with van der Waals surface area (Å²) in [5.74, 6) is -0.408. The second kappa shape index (κ2) is 6.14. The van der Waals surface area contributed by atoms with Crippen LogP contribution in [-0.2, 0) is 18.4 Å². The van der Waals surface area contributed by atoms with Gasteiger partial charge >= 0.3 is 13.6 Å². The molecule has 1 aliphatic rings. The lowest BCUT2D eigenvalue weighted by molar-refractivity contribution is -0.120. The van der Waals surface area contributed by atoms with Crippen molar-refractivity contribution in [2.75, 3.05) is 19.4 Å². The second-order valence-corrected chi connectivity index (χ2v) is 5.66. The molecule has 8 heteroatoms. The standard InChI is InChI=1S/C9H17N2O5P/c1-3-15-17(14,16-4-2)6-5-7-8(12)11-9(13)10-7/h7H,3-6H2,1-2H3,(H2,10,11,12,13). The molecule has 0 aromatic heterocycles. The van der Waals surface area contributed by atoms with Gasteiger partial charge in [-0.2, -0.15) is 0 Å². The summed E-state index contributed by atoms with van der Waals surface area (Å²) >= 11 is 0. The van der Waals surface area contributed by atoms with Crippen LogP contribution in [0.2, 0.25) is 0 Å². The molecule has 0 aromatic carbocycles. The van der Waals surface area contributed by atoms with E-state index in [2.05, 4.69) is 10.6 Å². The van der Waals surface area contributed by atoms with Gasteiger partial charge in [0.15, 0.2) is 0 Å². The molecule has 1 rings (SSSR count). The fourth-order valence-corrected chi connectivity index (χ4v) is 3.20. The van der Waals surface area contributed by atoms with Gasteiger partial charge in [-0.05, 0) is 20.3 Å². The van der Waals surface area contributed by atoms with Crippen molar-refractivity contribution in [2.45, 2.75) is 26.3 Å². The van der Waals surface area contributed by atoms with E-state index in [9.17, 15) is 14.2 Å². The highest BCUT2D eigenvalue weighted by Gasteiger charge is 2.33. The third-order valence-electron chi connectivity index (χ3n) is 2.20. The van der Waals surface area contributed by atoms with Gasteiger partial charge in [0.2, 0.25) is 0 Å². The number of carbonyl (C=O) groups is 2. The maximum absolute atomic E-state index is 12.1. The number of hydrogen-bond acceptors (Lipinski definition) is 5. The van der Waals surface area contributed by atoms with Crippen LogP contribution in [0.3, 0.4) is 0 Å². The van der Waals surface area contributed by atoms with E-state index >= 15 is 0 Å². The second-order valence-electron chi connectivity index (χ2n) is 3.47. The van der Waals surface area contributed by atoms with Gasteiger partial charge in [0.1, 0.15) is 6.04 Å². The summed E-state index contributed by atoms with van der Waals surface area (Å²) in [6.07, 6.45) is 0.335. The first-order valence-corrected chi connectivity index (χ1v) is 7.23. The molecule has 2 N–H and O–H groups in total. The Kier molecular flexibility index (Phi) is 5.11. The highest BCUT2D eigenvalue weighted by Crippen LogP contribution is 2.48. The van der Waals surface area contributed by atoms with E-state index in [4.69, 9.17) is 9.05 Å². The molecule has 0 aromatic rings. The van der Waals surface area contributed by atoms with Crippen molar-refractivity contribution in [3.05, 3.63) is 0 Å². The zero-order chi connectivity index (χ0) is 12.9. The molecule has 0 spiro atoms. The fraction of sp³-hybridized carbons (Fsp3) is 0.778. The largest absolute Gasteiger partial charge is 0.330 e.